The first kappa shape index (κ1) is 16.7. The fourth-order valence-electron chi connectivity index (χ4n) is 2.01. The number of nitrogens with one attached hydrogen (secondary N) is 2. The lowest BCUT2D eigenvalue weighted by Gasteiger charge is -2.10. The number of anilines is 1. The quantitative estimate of drug-likeness (QED) is 0.750. The number of pyridine rings is 1. The van der Waals surface area contributed by atoms with E-state index in [9.17, 15) is 18.3 Å². The average molecular weight is 368 g/mol. The van der Waals surface area contributed by atoms with Crippen molar-refractivity contribution in [2.75, 3.05) is 5.32 Å². The fraction of sp³-hybridized carbons (Fsp3) is 0.200. The van der Waals surface area contributed by atoms with E-state index in [-0.39, 0.29) is 33.1 Å². The molecule has 9 heteroatoms. The number of rotatable bonds is 5. The summed E-state index contributed by atoms with van der Waals surface area (Å²) in [4.78, 5) is 16.0. The standard InChI is InChI=1S/C15H14ClN3O4S/c16-11-6-3-9(8-13(11)24(22,23)19-10-4-5-10)15(21)18-14-12(20)2-1-7-17-14/h1-3,6-8,10,19-20H,4-5H2,(H,17,18,21). The lowest BCUT2D eigenvalue weighted by atomic mass is 10.2. The molecule has 126 valence electrons. The Kier molecular flexibility index (Phi) is 4.44. The van der Waals surface area contributed by atoms with E-state index >= 15 is 0 Å². The molecule has 0 aliphatic heterocycles. The summed E-state index contributed by atoms with van der Waals surface area (Å²) in [7, 11) is -3.79. The van der Waals surface area contributed by atoms with Crippen LogP contribution in [0.25, 0.3) is 0 Å². The summed E-state index contributed by atoms with van der Waals surface area (Å²) in [6.45, 7) is 0. The van der Waals surface area contributed by atoms with Crippen molar-refractivity contribution >= 4 is 33.3 Å². The summed E-state index contributed by atoms with van der Waals surface area (Å²) >= 11 is 5.97. The predicted octanol–water partition coefficient (Wildman–Crippen LogP) is 2.13. The Morgan fingerprint density at radius 2 is 2.04 bits per heavy atom. The molecule has 3 N–H and O–H groups in total. The van der Waals surface area contributed by atoms with Crippen LogP contribution < -0.4 is 10.0 Å². The molecule has 1 aliphatic rings. The van der Waals surface area contributed by atoms with E-state index in [1.165, 1.54) is 36.5 Å². The SMILES string of the molecule is O=C(Nc1ncccc1O)c1ccc(Cl)c(S(=O)(=O)NC2CC2)c1. The van der Waals surface area contributed by atoms with Crippen LogP contribution in [0.4, 0.5) is 5.82 Å². The third-order valence-corrected chi connectivity index (χ3v) is 5.40. The molecule has 1 fully saturated rings. The highest BCUT2D eigenvalue weighted by molar-refractivity contribution is 7.89. The highest BCUT2D eigenvalue weighted by atomic mass is 35.5. The molecule has 0 unspecified atom stereocenters. The molecule has 24 heavy (non-hydrogen) atoms. The Bertz CT molecular complexity index is 897. The van der Waals surface area contributed by atoms with Crippen LogP contribution in [-0.2, 0) is 10.0 Å². The first-order chi connectivity index (χ1) is 11.4. The van der Waals surface area contributed by atoms with Gasteiger partial charge in [0, 0.05) is 17.8 Å². The molecule has 1 aromatic heterocycles. The molecule has 1 heterocycles. The predicted molar refractivity (Wildman–Crippen MR) is 88.7 cm³/mol. The van der Waals surface area contributed by atoms with E-state index in [0.29, 0.717) is 0 Å². The zero-order valence-corrected chi connectivity index (χ0v) is 13.9. The van der Waals surface area contributed by atoms with Crippen molar-refractivity contribution in [1.82, 2.24) is 9.71 Å². The molecule has 0 atom stereocenters. The van der Waals surface area contributed by atoms with Gasteiger partial charge in [-0.1, -0.05) is 11.6 Å². The van der Waals surface area contributed by atoms with Gasteiger partial charge >= 0.3 is 0 Å². The summed E-state index contributed by atoms with van der Waals surface area (Å²) in [6, 6.07) is 6.75. The van der Waals surface area contributed by atoms with Crippen LogP contribution in [0, 0.1) is 0 Å². The minimum absolute atomic E-state index is 0.0158. The number of aromatic hydroxyl groups is 1. The third kappa shape index (κ3) is 3.66. The lowest BCUT2D eigenvalue weighted by Crippen LogP contribution is -2.26. The van der Waals surface area contributed by atoms with E-state index in [1.54, 1.807) is 0 Å². The van der Waals surface area contributed by atoms with E-state index in [2.05, 4.69) is 15.0 Å². The van der Waals surface area contributed by atoms with Crippen LogP contribution in [0.15, 0.2) is 41.4 Å². The molecular weight excluding hydrogens is 354 g/mol. The van der Waals surface area contributed by atoms with Crippen LogP contribution in [0.3, 0.4) is 0 Å². The van der Waals surface area contributed by atoms with Crippen molar-refractivity contribution in [2.45, 2.75) is 23.8 Å². The first-order valence-electron chi connectivity index (χ1n) is 7.14. The Hall–Kier alpha value is -2.16. The number of aromatic nitrogens is 1. The Morgan fingerprint density at radius 1 is 1.29 bits per heavy atom. The zero-order valence-electron chi connectivity index (χ0n) is 12.4. The van der Waals surface area contributed by atoms with Gasteiger partial charge in [0.2, 0.25) is 10.0 Å². The molecule has 1 saturated carbocycles. The average Bonchev–Trinajstić information content (AvgIpc) is 3.33. The second-order valence-corrected chi connectivity index (χ2v) is 7.46. The number of carbonyl (C=O) groups excluding carboxylic acids is 1. The molecule has 0 saturated heterocycles. The normalized spacial score (nSPS) is 14.4. The van der Waals surface area contributed by atoms with E-state index in [4.69, 9.17) is 11.6 Å². The number of amides is 1. The Labute approximate surface area is 143 Å². The molecule has 0 spiro atoms. The number of hydrogen-bond acceptors (Lipinski definition) is 5. The Balaban J connectivity index is 1.87. The van der Waals surface area contributed by atoms with E-state index in [0.717, 1.165) is 12.8 Å². The summed E-state index contributed by atoms with van der Waals surface area (Å²) in [5, 5.41) is 12.1. The van der Waals surface area contributed by atoms with Crippen LogP contribution >= 0.6 is 11.6 Å². The first-order valence-corrected chi connectivity index (χ1v) is 9.00. The molecule has 7 nitrogen and oxygen atoms in total. The van der Waals surface area contributed by atoms with Gasteiger partial charge < -0.3 is 10.4 Å². The van der Waals surface area contributed by atoms with Gasteiger partial charge in [-0.2, -0.15) is 0 Å². The molecule has 1 amide bonds. The molecule has 2 aromatic rings. The summed E-state index contributed by atoms with van der Waals surface area (Å²) in [6.07, 6.45) is 2.98. The second kappa shape index (κ2) is 6.39. The minimum atomic E-state index is -3.79. The minimum Gasteiger partial charge on any atom is -0.504 e. The number of benzene rings is 1. The van der Waals surface area contributed by atoms with Crippen molar-refractivity contribution < 1.29 is 18.3 Å². The van der Waals surface area contributed by atoms with E-state index in [1.807, 2.05) is 0 Å². The summed E-state index contributed by atoms with van der Waals surface area (Å²) < 4.78 is 27.1. The topological polar surface area (TPSA) is 108 Å². The summed E-state index contributed by atoms with van der Waals surface area (Å²) in [5.74, 6) is -0.815. The van der Waals surface area contributed by atoms with Crippen molar-refractivity contribution in [1.29, 1.82) is 0 Å². The number of halogens is 1. The second-order valence-electron chi connectivity index (χ2n) is 5.37. The zero-order chi connectivity index (χ0) is 17.3. The summed E-state index contributed by atoms with van der Waals surface area (Å²) in [5.41, 5.74) is 0.0839. The molecule has 1 aliphatic carbocycles. The Morgan fingerprint density at radius 3 is 2.71 bits per heavy atom. The molecule has 0 bridgehead atoms. The molecule has 1 aromatic carbocycles. The van der Waals surface area contributed by atoms with Crippen LogP contribution in [0.1, 0.15) is 23.2 Å². The maximum atomic E-state index is 12.3. The van der Waals surface area contributed by atoms with Gasteiger partial charge in [-0.25, -0.2) is 18.1 Å². The third-order valence-electron chi connectivity index (χ3n) is 3.40. The van der Waals surface area contributed by atoms with Crippen LogP contribution in [0.5, 0.6) is 5.75 Å². The smallest absolute Gasteiger partial charge is 0.256 e. The molecule has 0 radical (unpaired) electrons. The van der Waals surface area contributed by atoms with Gasteiger partial charge in [0.15, 0.2) is 11.6 Å². The van der Waals surface area contributed by atoms with Gasteiger partial charge in [0.1, 0.15) is 4.90 Å². The number of sulfonamides is 1. The number of nitrogens with zero attached hydrogens (tertiary/aromatic N) is 1. The fourth-order valence-corrected chi connectivity index (χ4v) is 3.84. The number of carbonyl (C=O) groups is 1. The van der Waals surface area contributed by atoms with Gasteiger partial charge in [0.05, 0.1) is 5.02 Å². The highest BCUT2D eigenvalue weighted by Gasteiger charge is 2.29. The van der Waals surface area contributed by atoms with Gasteiger partial charge in [-0.3, -0.25) is 4.79 Å². The monoisotopic (exact) mass is 367 g/mol. The largest absolute Gasteiger partial charge is 0.504 e. The van der Waals surface area contributed by atoms with Crippen molar-refractivity contribution in [3.05, 3.63) is 47.1 Å². The van der Waals surface area contributed by atoms with Gasteiger partial charge in [-0.15, -0.1) is 0 Å². The molecular formula is C15H14ClN3O4S. The van der Waals surface area contributed by atoms with Crippen LogP contribution in [0.2, 0.25) is 5.02 Å². The van der Waals surface area contributed by atoms with Gasteiger partial charge in [-0.05, 0) is 43.2 Å². The molecule has 3 rings (SSSR count). The van der Waals surface area contributed by atoms with Crippen molar-refractivity contribution in [3.8, 4) is 5.75 Å². The lowest BCUT2D eigenvalue weighted by molar-refractivity contribution is 0.102. The van der Waals surface area contributed by atoms with Crippen molar-refractivity contribution in [3.63, 3.8) is 0 Å². The maximum Gasteiger partial charge on any atom is 0.256 e. The number of hydrogen-bond donors (Lipinski definition) is 3. The highest BCUT2D eigenvalue weighted by Crippen LogP contribution is 2.27. The van der Waals surface area contributed by atoms with E-state index < -0.39 is 15.9 Å². The maximum absolute atomic E-state index is 12.3. The van der Waals surface area contributed by atoms with Crippen molar-refractivity contribution in [2.24, 2.45) is 0 Å². The van der Waals surface area contributed by atoms with Crippen LogP contribution in [-0.4, -0.2) is 30.5 Å². The van der Waals surface area contributed by atoms with Gasteiger partial charge in [0.25, 0.3) is 5.91 Å².